The lowest BCUT2D eigenvalue weighted by Crippen LogP contribution is -2.41. The molecule has 0 unspecified atom stereocenters. The van der Waals surface area contributed by atoms with Crippen molar-refractivity contribution in [2.75, 3.05) is 7.11 Å². The minimum atomic E-state index is -0.487. The van der Waals surface area contributed by atoms with Crippen LogP contribution >= 0.6 is 0 Å². The van der Waals surface area contributed by atoms with Crippen molar-refractivity contribution in [3.8, 4) is 11.6 Å². The van der Waals surface area contributed by atoms with Crippen molar-refractivity contribution >= 4 is 12.7 Å². The van der Waals surface area contributed by atoms with Crippen LogP contribution in [0.3, 0.4) is 0 Å². The second-order valence-electron chi connectivity index (χ2n) is 6.65. The van der Waals surface area contributed by atoms with E-state index in [0.29, 0.717) is 23.3 Å². The maximum absolute atomic E-state index is 6.00. The van der Waals surface area contributed by atoms with Crippen molar-refractivity contribution in [3.05, 3.63) is 12.1 Å². The van der Waals surface area contributed by atoms with Gasteiger partial charge in [0.15, 0.2) is 5.75 Å². The predicted octanol–water partition coefficient (Wildman–Crippen LogP) is 1.93. The summed E-state index contributed by atoms with van der Waals surface area (Å²) in [5.41, 5.74) is -0.0560. The summed E-state index contributed by atoms with van der Waals surface area (Å²) < 4.78 is 23.1. The third-order valence-electron chi connectivity index (χ3n) is 4.35. The maximum Gasteiger partial charge on any atom is 0.514 e. The summed E-state index contributed by atoms with van der Waals surface area (Å²) in [7, 11) is 1.11. The van der Waals surface area contributed by atoms with E-state index in [1.54, 1.807) is 7.11 Å². The van der Waals surface area contributed by atoms with Gasteiger partial charge in [-0.25, -0.2) is 4.98 Å². The quantitative estimate of drug-likeness (QED) is 0.793. The minimum absolute atomic E-state index is 0.309. The molecule has 0 bridgehead atoms. The van der Waals surface area contributed by atoms with E-state index in [-0.39, 0.29) is 11.2 Å². The van der Waals surface area contributed by atoms with Crippen LogP contribution < -0.4 is 15.1 Å². The second kappa shape index (κ2) is 4.88. The van der Waals surface area contributed by atoms with Gasteiger partial charge in [-0.1, -0.05) is 0 Å². The molecule has 0 N–H and O–H groups in total. The van der Waals surface area contributed by atoms with E-state index in [1.807, 2.05) is 39.8 Å². The average molecular weight is 291 g/mol. The first-order valence-corrected chi connectivity index (χ1v) is 7.39. The van der Waals surface area contributed by atoms with E-state index in [1.165, 1.54) is 0 Å². The highest BCUT2D eigenvalue weighted by Crippen LogP contribution is 2.37. The molecule has 0 amide bonds. The van der Waals surface area contributed by atoms with Crippen LogP contribution in [0.4, 0.5) is 0 Å². The molecule has 0 atom stereocenters. The zero-order chi connectivity index (χ0) is 15.3. The molecule has 1 aliphatic carbocycles. The summed E-state index contributed by atoms with van der Waals surface area (Å²) in [5, 5.41) is 0. The minimum Gasteiger partial charge on any atom is -0.485 e. The molecule has 2 heterocycles. The fourth-order valence-corrected chi connectivity index (χ4v) is 2.14. The Kier molecular flexibility index (Phi) is 3.41. The normalized spacial score (nSPS) is 23.2. The molecule has 114 valence electrons. The van der Waals surface area contributed by atoms with Gasteiger partial charge in [0.1, 0.15) is 0 Å². The molecule has 21 heavy (non-hydrogen) atoms. The molecular weight excluding hydrogens is 269 g/mol. The highest BCUT2D eigenvalue weighted by atomic mass is 16.7. The van der Waals surface area contributed by atoms with Crippen molar-refractivity contribution in [3.63, 3.8) is 0 Å². The van der Waals surface area contributed by atoms with Crippen LogP contribution in [0, 0.1) is 0 Å². The number of methoxy groups -OCH3 is 1. The van der Waals surface area contributed by atoms with Gasteiger partial charge in [0, 0.05) is 0 Å². The van der Waals surface area contributed by atoms with Crippen LogP contribution in [0.15, 0.2) is 12.1 Å². The Bertz CT molecular complexity index is 526. The highest BCUT2D eigenvalue weighted by Gasteiger charge is 2.52. The Morgan fingerprint density at radius 2 is 1.76 bits per heavy atom. The number of hydrogen-bond acceptors (Lipinski definition) is 5. The first-order valence-electron chi connectivity index (χ1n) is 7.39. The molecule has 1 aromatic rings. The Morgan fingerprint density at radius 3 is 2.29 bits per heavy atom. The van der Waals surface area contributed by atoms with Crippen molar-refractivity contribution in [2.24, 2.45) is 0 Å². The highest BCUT2D eigenvalue weighted by molar-refractivity contribution is 6.61. The van der Waals surface area contributed by atoms with Crippen LogP contribution in [0.5, 0.6) is 11.6 Å². The van der Waals surface area contributed by atoms with Gasteiger partial charge >= 0.3 is 7.12 Å². The van der Waals surface area contributed by atoms with Crippen molar-refractivity contribution < 1.29 is 18.8 Å². The van der Waals surface area contributed by atoms with Gasteiger partial charge in [0.05, 0.1) is 30.0 Å². The molecule has 6 heteroatoms. The number of rotatable bonds is 4. The van der Waals surface area contributed by atoms with Gasteiger partial charge in [-0.05, 0) is 52.7 Å². The lowest BCUT2D eigenvalue weighted by atomic mass is 9.84. The Morgan fingerprint density at radius 1 is 1.14 bits per heavy atom. The molecule has 0 radical (unpaired) electrons. The van der Waals surface area contributed by atoms with Gasteiger partial charge in [-0.2, -0.15) is 0 Å². The van der Waals surface area contributed by atoms with E-state index in [0.717, 1.165) is 12.8 Å². The van der Waals surface area contributed by atoms with Crippen LogP contribution in [0.2, 0.25) is 0 Å². The van der Waals surface area contributed by atoms with Crippen LogP contribution in [0.25, 0.3) is 0 Å². The largest absolute Gasteiger partial charge is 0.514 e. The topological polar surface area (TPSA) is 49.8 Å². The SMILES string of the molecule is COc1nc(B2OC(C)(C)C(C)(C)O2)ccc1OC1CC1. The summed E-state index contributed by atoms with van der Waals surface area (Å²) in [4.78, 5) is 4.49. The second-order valence-corrected chi connectivity index (χ2v) is 6.65. The molecule has 1 aromatic heterocycles. The Hall–Kier alpha value is -1.27. The molecule has 1 saturated carbocycles. The molecule has 1 saturated heterocycles. The van der Waals surface area contributed by atoms with Gasteiger partial charge < -0.3 is 18.8 Å². The first-order chi connectivity index (χ1) is 9.82. The van der Waals surface area contributed by atoms with Gasteiger partial charge in [0.2, 0.25) is 0 Å². The Balaban J connectivity index is 1.83. The smallest absolute Gasteiger partial charge is 0.485 e. The van der Waals surface area contributed by atoms with E-state index in [4.69, 9.17) is 18.8 Å². The first kappa shape index (κ1) is 14.7. The summed E-state index contributed by atoms with van der Waals surface area (Å²) >= 11 is 0. The molecular formula is C15H22BNO4. The van der Waals surface area contributed by atoms with Crippen LogP contribution in [-0.4, -0.2) is 36.5 Å². The molecule has 0 spiro atoms. The van der Waals surface area contributed by atoms with Gasteiger partial charge in [0.25, 0.3) is 5.88 Å². The fourth-order valence-electron chi connectivity index (χ4n) is 2.14. The lowest BCUT2D eigenvalue weighted by molar-refractivity contribution is 0.00578. The molecule has 5 nitrogen and oxygen atoms in total. The van der Waals surface area contributed by atoms with E-state index >= 15 is 0 Å². The van der Waals surface area contributed by atoms with Crippen LogP contribution in [0.1, 0.15) is 40.5 Å². The van der Waals surface area contributed by atoms with Crippen molar-refractivity contribution in [1.82, 2.24) is 4.98 Å². The molecule has 2 fully saturated rings. The standard InChI is InChI=1S/C15H22BNO4/c1-14(2)15(3,4)21-16(20-14)12-9-8-11(13(17-12)18-5)19-10-6-7-10/h8-10H,6-7H2,1-5H3. The Labute approximate surface area is 126 Å². The fraction of sp³-hybridized carbons (Fsp3) is 0.667. The molecule has 1 aliphatic heterocycles. The van der Waals surface area contributed by atoms with Crippen LogP contribution in [-0.2, 0) is 9.31 Å². The van der Waals surface area contributed by atoms with Gasteiger partial charge in [-0.15, -0.1) is 0 Å². The summed E-state index contributed by atoms with van der Waals surface area (Å²) in [6, 6.07) is 3.76. The number of aromatic nitrogens is 1. The maximum atomic E-state index is 6.00. The molecule has 3 rings (SSSR count). The number of ether oxygens (including phenoxy) is 2. The average Bonchev–Trinajstić information content (AvgIpc) is 3.17. The third-order valence-corrected chi connectivity index (χ3v) is 4.35. The van der Waals surface area contributed by atoms with Crippen molar-refractivity contribution in [1.29, 1.82) is 0 Å². The number of hydrogen-bond donors (Lipinski definition) is 0. The lowest BCUT2D eigenvalue weighted by Gasteiger charge is -2.32. The summed E-state index contributed by atoms with van der Waals surface area (Å²) in [6.07, 6.45) is 2.51. The zero-order valence-electron chi connectivity index (χ0n) is 13.3. The predicted molar refractivity (Wildman–Crippen MR) is 80.2 cm³/mol. The third kappa shape index (κ3) is 2.74. The number of pyridine rings is 1. The van der Waals surface area contributed by atoms with E-state index in [2.05, 4.69) is 4.98 Å². The summed E-state index contributed by atoms with van der Waals surface area (Å²) in [6.45, 7) is 8.09. The summed E-state index contributed by atoms with van der Waals surface area (Å²) in [5.74, 6) is 1.16. The monoisotopic (exact) mass is 291 g/mol. The van der Waals surface area contributed by atoms with Gasteiger partial charge in [-0.3, -0.25) is 0 Å². The molecule has 2 aliphatic rings. The molecule has 0 aromatic carbocycles. The van der Waals surface area contributed by atoms with E-state index < -0.39 is 7.12 Å². The zero-order valence-corrected chi connectivity index (χ0v) is 13.3. The van der Waals surface area contributed by atoms with E-state index in [9.17, 15) is 0 Å². The number of nitrogens with zero attached hydrogens (tertiary/aromatic N) is 1. The van der Waals surface area contributed by atoms with Crippen molar-refractivity contribution in [2.45, 2.75) is 57.8 Å².